The lowest BCUT2D eigenvalue weighted by atomic mass is 9.77. The fourth-order valence-electron chi connectivity index (χ4n) is 6.73. The van der Waals surface area contributed by atoms with E-state index < -0.39 is 0 Å². The second-order valence-electron chi connectivity index (χ2n) is 12.3. The van der Waals surface area contributed by atoms with E-state index in [1.165, 1.54) is 44.9 Å². The molecule has 6 bridgehead atoms. The molecular formula is C28H54O2. The topological polar surface area (TPSA) is 18.5 Å². The van der Waals surface area contributed by atoms with Gasteiger partial charge in [0.15, 0.2) is 0 Å². The molecule has 3 saturated heterocycles. The first kappa shape index (κ1) is 27.7. The van der Waals surface area contributed by atoms with Gasteiger partial charge < -0.3 is 9.47 Å². The van der Waals surface area contributed by atoms with Crippen LogP contribution in [0.5, 0.6) is 0 Å². The molecule has 0 aromatic heterocycles. The van der Waals surface area contributed by atoms with Gasteiger partial charge in [-0.15, -0.1) is 0 Å². The van der Waals surface area contributed by atoms with E-state index >= 15 is 0 Å². The van der Waals surface area contributed by atoms with Crippen molar-refractivity contribution in [1.82, 2.24) is 0 Å². The summed E-state index contributed by atoms with van der Waals surface area (Å²) in [4.78, 5) is 0. The predicted molar refractivity (Wildman–Crippen MR) is 132 cm³/mol. The molecule has 6 unspecified atom stereocenters. The molecule has 0 radical (unpaired) electrons. The summed E-state index contributed by atoms with van der Waals surface area (Å²) < 4.78 is 11.3. The second kappa shape index (κ2) is 9.65. The van der Waals surface area contributed by atoms with Crippen LogP contribution in [0.4, 0.5) is 0 Å². The zero-order valence-electron chi connectivity index (χ0n) is 18.6. The largest absolute Gasteiger partial charge is 0.374 e. The molecule has 30 heavy (non-hydrogen) atoms. The molecule has 2 heteroatoms. The van der Waals surface area contributed by atoms with Crippen molar-refractivity contribution in [3.63, 3.8) is 0 Å². The number of fused-ring (bicyclic) bond motifs is 6. The van der Waals surface area contributed by atoms with Crippen LogP contribution in [0.2, 0.25) is 0 Å². The first-order valence-corrected chi connectivity index (χ1v) is 11.5. The lowest BCUT2D eigenvalue weighted by Crippen LogP contribution is -2.24. The average molecular weight is 423 g/mol. The third-order valence-corrected chi connectivity index (χ3v) is 8.51. The van der Waals surface area contributed by atoms with Crippen molar-refractivity contribution in [3.8, 4) is 0 Å². The Morgan fingerprint density at radius 2 is 1.37 bits per heavy atom. The molecule has 0 N–H and O–H groups in total. The minimum Gasteiger partial charge on any atom is -0.374 e. The quantitative estimate of drug-likeness (QED) is 0.364. The molecule has 6 atom stereocenters. The summed E-state index contributed by atoms with van der Waals surface area (Å²) in [5.41, 5.74) is 1.60. The zero-order chi connectivity index (χ0) is 19.4. The summed E-state index contributed by atoms with van der Waals surface area (Å²) in [6, 6.07) is 0. The number of ether oxygens (including phenoxy) is 2. The van der Waals surface area contributed by atoms with Crippen molar-refractivity contribution >= 4 is 0 Å². The van der Waals surface area contributed by atoms with Crippen LogP contribution in [0.25, 0.3) is 0 Å². The lowest BCUT2D eigenvalue weighted by Gasteiger charge is -2.29. The Bertz CT molecular complexity index is 541. The van der Waals surface area contributed by atoms with Gasteiger partial charge in [-0.25, -0.2) is 0 Å². The molecule has 0 amide bonds. The Hall–Kier alpha value is -0.340. The Labute approximate surface area is 189 Å². The van der Waals surface area contributed by atoms with Crippen LogP contribution in [-0.4, -0.2) is 24.4 Å². The summed E-state index contributed by atoms with van der Waals surface area (Å²) in [6.07, 6.45) is 17.6. The molecule has 5 fully saturated rings. The Morgan fingerprint density at radius 3 is 1.57 bits per heavy atom. The van der Waals surface area contributed by atoms with Gasteiger partial charge >= 0.3 is 0 Å². The van der Waals surface area contributed by atoms with E-state index in [9.17, 15) is 0 Å². The van der Waals surface area contributed by atoms with Crippen molar-refractivity contribution in [2.75, 3.05) is 0 Å². The first-order chi connectivity index (χ1) is 12.6. The highest BCUT2D eigenvalue weighted by Crippen LogP contribution is 2.55. The van der Waals surface area contributed by atoms with Crippen LogP contribution in [0.1, 0.15) is 115 Å². The van der Waals surface area contributed by atoms with Gasteiger partial charge in [0.05, 0.1) is 24.4 Å². The van der Waals surface area contributed by atoms with Gasteiger partial charge in [0, 0.05) is 0 Å². The second-order valence-corrected chi connectivity index (χ2v) is 12.3. The Balaban J connectivity index is 0.000000214. The number of hydrogen-bond acceptors (Lipinski definition) is 2. The molecule has 6 rings (SSSR count). The fourth-order valence-corrected chi connectivity index (χ4v) is 6.73. The monoisotopic (exact) mass is 422 g/mol. The molecule has 0 spiro atoms. The molecule has 178 valence electrons. The summed E-state index contributed by atoms with van der Waals surface area (Å²) in [5.74, 6) is 2.20. The first-order valence-electron chi connectivity index (χ1n) is 11.5. The van der Waals surface area contributed by atoms with Crippen molar-refractivity contribution in [1.29, 1.82) is 0 Å². The third-order valence-electron chi connectivity index (χ3n) is 8.51. The maximum absolute atomic E-state index is 5.69. The van der Waals surface area contributed by atoms with E-state index in [1.807, 2.05) is 0 Å². The molecule has 4 heterocycles. The van der Waals surface area contributed by atoms with Crippen LogP contribution in [-0.2, 0) is 9.47 Å². The van der Waals surface area contributed by atoms with Crippen molar-refractivity contribution in [2.45, 2.75) is 140 Å². The van der Waals surface area contributed by atoms with E-state index in [-0.39, 0.29) is 22.3 Å². The van der Waals surface area contributed by atoms with Crippen LogP contribution >= 0.6 is 0 Å². The summed E-state index contributed by atoms with van der Waals surface area (Å²) >= 11 is 0. The number of hydrogen-bond donors (Lipinski definition) is 0. The van der Waals surface area contributed by atoms with Crippen molar-refractivity contribution in [2.24, 2.45) is 28.1 Å². The van der Waals surface area contributed by atoms with E-state index in [0.29, 0.717) is 40.7 Å². The molecule has 2 nitrogen and oxygen atoms in total. The maximum atomic E-state index is 5.69. The van der Waals surface area contributed by atoms with Crippen molar-refractivity contribution in [3.05, 3.63) is 12.2 Å². The summed E-state index contributed by atoms with van der Waals surface area (Å²) in [7, 11) is 0. The summed E-state index contributed by atoms with van der Waals surface area (Å²) in [5, 5.41) is 0. The van der Waals surface area contributed by atoms with Crippen LogP contribution in [0, 0.1) is 28.1 Å². The lowest BCUT2D eigenvalue weighted by molar-refractivity contribution is 0.0737. The van der Waals surface area contributed by atoms with Gasteiger partial charge in [0.1, 0.15) is 0 Å². The summed E-state index contributed by atoms with van der Waals surface area (Å²) in [6.45, 7) is 14.0. The SMILES string of the molecule is C.C.C.CC1(C)CC2C=CC1O2.CC1(C)CC2CCC1C2.CC1(C)CC2CCC1O2. The molecule has 4 aliphatic heterocycles. The fraction of sp³-hybridized carbons (Fsp3) is 0.929. The molecule has 2 aliphatic carbocycles. The van der Waals surface area contributed by atoms with Crippen molar-refractivity contribution < 1.29 is 9.47 Å². The molecular weight excluding hydrogens is 368 g/mol. The van der Waals surface area contributed by atoms with E-state index in [0.717, 1.165) is 11.8 Å². The van der Waals surface area contributed by atoms with E-state index in [2.05, 4.69) is 53.7 Å². The molecule has 0 aromatic rings. The van der Waals surface area contributed by atoms with Gasteiger partial charge in [0.2, 0.25) is 0 Å². The smallest absolute Gasteiger partial charge is 0.0816 e. The molecule has 0 aromatic carbocycles. The highest BCUT2D eigenvalue weighted by molar-refractivity contribution is 5.14. The minimum atomic E-state index is 0. The standard InChI is InChI=1S/C9H16.C8H14O.C8H12O.3CH4/c1-9(2)6-7-3-4-8(9)5-7;2*1-8(2)5-6-3-4-7(8)9-6;;;/h7-8H,3-6H2,1-2H3;6-7H,3-5H2,1-2H3;3-4,6-7H,5H2,1-2H3;3*1H4. The molecule has 2 saturated carbocycles. The van der Waals surface area contributed by atoms with E-state index in [4.69, 9.17) is 9.47 Å². The maximum Gasteiger partial charge on any atom is 0.0816 e. The number of rotatable bonds is 0. The highest BCUT2D eigenvalue weighted by Gasteiger charge is 2.46. The van der Waals surface area contributed by atoms with Crippen LogP contribution in [0.15, 0.2) is 12.2 Å². The van der Waals surface area contributed by atoms with E-state index in [1.54, 1.807) is 6.42 Å². The Kier molecular flexibility index (Phi) is 8.91. The van der Waals surface area contributed by atoms with Gasteiger partial charge in [0.25, 0.3) is 0 Å². The predicted octanol–water partition coefficient (Wildman–Crippen LogP) is 8.44. The van der Waals surface area contributed by atoms with Gasteiger partial charge in [-0.05, 0) is 73.0 Å². The van der Waals surface area contributed by atoms with Gasteiger partial charge in [-0.3, -0.25) is 0 Å². The normalized spacial score (nSPS) is 40.9. The van der Waals surface area contributed by atoms with Gasteiger partial charge in [-0.1, -0.05) is 82.4 Å². The zero-order valence-corrected chi connectivity index (χ0v) is 18.6. The van der Waals surface area contributed by atoms with Crippen LogP contribution in [0.3, 0.4) is 0 Å². The Morgan fingerprint density at radius 1 is 0.667 bits per heavy atom. The highest BCUT2D eigenvalue weighted by atomic mass is 16.5. The third kappa shape index (κ3) is 5.52. The van der Waals surface area contributed by atoms with Gasteiger partial charge in [-0.2, -0.15) is 0 Å². The molecule has 6 aliphatic rings. The van der Waals surface area contributed by atoms with Crippen LogP contribution < -0.4 is 0 Å². The minimum absolute atomic E-state index is 0. The average Bonchev–Trinajstić information content (AvgIpc) is 3.33.